The van der Waals surface area contributed by atoms with Crippen molar-refractivity contribution in [3.8, 4) is 5.75 Å². The third-order valence-corrected chi connectivity index (χ3v) is 3.99. The standard InChI is InChI=1S/C14H20N2O3/c1-3-10-11(19-2)12(16-9-15-10)14(13(17)18)7-5-4-6-8-14/h9H,3-8H2,1-2H3,(H,17,18). The Kier molecular flexibility index (Phi) is 4.02. The van der Waals surface area contributed by atoms with E-state index in [4.69, 9.17) is 4.74 Å². The van der Waals surface area contributed by atoms with Crippen LogP contribution in [-0.2, 0) is 16.6 Å². The monoisotopic (exact) mass is 264 g/mol. The highest BCUT2D eigenvalue weighted by Crippen LogP contribution is 2.43. The van der Waals surface area contributed by atoms with E-state index in [9.17, 15) is 9.90 Å². The van der Waals surface area contributed by atoms with Crippen molar-refractivity contribution in [2.75, 3.05) is 7.11 Å². The molecule has 1 N–H and O–H groups in total. The Hall–Kier alpha value is -1.65. The summed E-state index contributed by atoms with van der Waals surface area (Å²) in [6.07, 6.45) is 6.33. The number of aliphatic carboxylic acids is 1. The minimum atomic E-state index is -0.906. The maximum absolute atomic E-state index is 11.8. The van der Waals surface area contributed by atoms with Crippen molar-refractivity contribution in [1.29, 1.82) is 0 Å². The number of ether oxygens (including phenoxy) is 1. The lowest BCUT2D eigenvalue weighted by Crippen LogP contribution is -2.39. The molecular weight excluding hydrogens is 244 g/mol. The molecule has 0 aliphatic heterocycles. The maximum Gasteiger partial charge on any atom is 0.315 e. The van der Waals surface area contributed by atoms with Crippen molar-refractivity contribution >= 4 is 5.97 Å². The second-order valence-corrected chi connectivity index (χ2v) is 5.00. The fourth-order valence-electron chi connectivity index (χ4n) is 2.92. The van der Waals surface area contributed by atoms with E-state index in [1.54, 1.807) is 7.11 Å². The van der Waals surface area contributed by atoms with Crippen molar-refractivity contribution in [2.45, 2.75) is 50.9 Å². The molecule has 1 aromatic rings. The zero-order valence-corrected chi connectivity index (χ0v) is 11.5. The third-order valence-electron chi connectivity index (χ3n) is 3.99. The van der Waals surface area contributed by atoms with Crippen molar-refractivity contribution in [2.24, 2.45) is 0 Å². The summed E-state index contributed by atoms with van der Waals surface area (Å²) in [5.74, 6) is -0.249. The fourth-order valence-corrected chi connectivity index (χ4v) is 2.92. The molecule has 0 spiro atoms. The molecule has 5 nitrogen and oxygen atoms in total. The van der Waals surface area contributed by atoms with E-state index in [0.717, 1.165) is 25.0 Å². The Labute approximate surface area is 113 Å². The molecule has 0 amide bonds. The van der Waals surface area contributed by atoms with E-state index in [1.165, 1.54) is 6.33 Å². The topological polar surface area (TPSA) is 72.3 Å². The van der Waals surface area contributed by atoms with Gasteiger partial charge in [-0.3, -0.25) is 4.79 Å². The molecule has 0 unspecified atom stereocenters. The van der Waals surface area contributed by atoms with Crippen LogP contribution in [0.1, 0.15) is 50.4 Å². The molecule has 1 aliphatic carbocycles. The maximum atomic E-state index is 11.8. The first-order chi connectivity index (χ1) is 9.15. The van der Waals surface area contributed by atoms with Crippen LogP contribution in [-0.4, -0.2) is 28.2 Å². The summed E-state index contributed by atoms with van der Waals surface area (Å²) in [6.45, 7) is 1.98. The molecule has 0 bridgehead atoms. The van der Waals surface area contributed by atoms with E-state index < -0.39 is 11.4 Å². The van der Waals surface area contributed by atoms with Gasteiger partial charge in [0, 0.05) is 0 Å². The van der Waals surface area contributed by atoms with Crippen LogP contribution in [0.25, 0.3) is 0 Å². The lowest BCUT2D eigenvalue weighted by atomic mass is 9.71. The van der Waals surface area contributed by atoms with Gasteiger partial charge in [0.05, 0.1) is 12.8 Å². The van der Waals surface area contributed by atoms with Crippen LogP contribution in [0.4, 0.5) is 0 Å². The molecule has 5 heteroatoms. The number of aromatic nitrogens is 2. The molecule has 0 atom stereocenters. The van der Waals surface area contributed by atoms with Crippen molar-refractivity contribution < 1.29 is 14.6 Å². The van der Waals surface area contributed by atoms with Crippen LogP contribution < -0.4 is 4.74 Å². The highest BCUT2D eigenvalue weighted by molar-refractivity contribution is 5.82. The molecule has 1 aliphatic rings. The quantitative estimate of drug-likeness (QED) is 0.903. The summed E-state index contributed by atoms with van der Waals surface area (Å²) >= 11 is 0. The van der Waals surface area contributed by atoms with Gasteiger partial charge >= 0.3 is 5.97 Å². The van der Waals surface area contributed by atoms with Crippen LogP contribution in [0, 0.1) is 0 Å². The summed E-state index contributed by atoms with van der Waals surface area (Å²) in [5.41, 5.74) is 0.420. The van der Waals surface area contributed by atoms with Crippen LogP contribution in [0.5, 0.6) is 5.75 Å². The molecule has 0 radical (unpaired) electrons. The number of hydrogen-bond acceptors (Lipinski definition) is 4. The number of carboxylic acids is 1. The SMILES string of the molecule is CCc1ncnc(C2(C(=O)O)CCCCC2)c1OC. The Morgan fingerprint density at radius 1 is 1.37 bits per heavy atom. The highest BCUT2D eigenvalue weighted by atomic mass is 16.5. The van der Waals surface area contributed by atoms with Gasteiger partial charge in [0.25, 0.3) is 0 Å². The van der Waals surface area contributed by atoms with Crippen LogP contribution in [0.3, 0.4) is 0 Å². The number of aryl methyl sites for hydroxylation is 1. The first-order valence-electron chi connectivity index (χ1n) is 6.77. The second-order valence-electron chi connectivity index (χ2n) is 5.00. The molecule has 1 saturated carbocycles. The third kappa shape index (κ3) is 2.29. The molecule has 0 aromatic carbocycles. The fraction of sp³-hybridized carbons (Fsp3) is 0.643. The number of methoxy groups -OCH3 is 1. The molecule has 1 aromatic heterocycles. The zero-order valence-electron chi connectivity index (χ0n) is 11.5. The van der Waals surface area contributed by atoms with E-state index in [1.807, 2.05) is 6.92 Å². The van der Waals surface area contributed by atoms with Gasteiger partial charge in [-0.2, -0.15) is 0 Å². The van der Waals surface area contributed by atoms with E-state index in [0.29, 0.717) is 30.7 Å². The molecule has 0 saturated heterocycles. The largest absolute Gasteiger partial charge is 0.493 e. The van der Waals surface area contributed by atoms with Gasteiger partial charge in [-0.15, -0.1) is 0 Å². The van der Waals surface area contributed by atoms with Crippen LogP contribution in [0.15, 0.2) is 6.33 Å². The summed E-state index contributed by atoms with van der Waals surface area (Å²) < 4.78 is 5.41. The van der Waals surface area contributed by atoms with Gasteiger partial charge in [-0.05, 0) is 19.3 Å². The summed E-state index contributed by atoms with van der Waals surface area (Å²) in [4.78, 5) is 20.3. The lowest BCUT2D eigenvalue weighted by Gasteiger charge is -2.33. The predicted octanol–water partition coefficient (Wildman–Crippen LogP) is 2.33. The number of nitrogens with zero attached hydrogens (tertiary/aromatic N) is 2. The van der Waals surface area contributed by atoms with Gasteiger partial charge in [-0.1, -0.05) is 26.2 Å². The van der Waals surface area contributed by atoms with Crippen molar-refractivity contribution in [3.63, 3.8) is 0 Å². The predicted molar refractivity (Wildman–Crippen MR) is 70.4 cm³/mol. The molecule has 1 heterocycles. The second kappa shape index (κ2) is 5.55. The van der Waals surface area contributed by atoms with Crippen molar-refractivity contribution in [1.82, 2.24) is 9.97 Å². The molecule has 19 heavy (non-hydrogen) atoms. The Morgan fingerprint density at radius 3 is 2.58 bits per heavy atom. The highest BCUT2D eigenvalue weighted by Gasteiger charge is 2.45. The summed E-state index contributed by atoms with van der Waals surface area (Å²) in [6, 6.07) is 0. The first kappa shape index (κ1) is 13.8. The van der Waals surface area contributed by atoms with E-state index >= 15 is 0 Å². The molecule has 104 valence electrons. The number of hydrogen-bond donors (Lipinski definition) is 1. The van der Waals surface area contributed by atoms with Gasteiger partial charge in [0.15, 0.2) is 5.75 Å². The Bertz CT molecular complexity index is 468. The summed E-state index contributed by atoms with van der Waals surface area (Å²) in [5, 5.41) is 9.71. The van der Waals surface area contributed by atoms with Gasteiger partial charge in [0.2, 0.25) is 0 Å². The normalized spacial score (nSPS) is 18.0. The minimum absolute atomic E-state index is 0.550. The molecular formula is C14H20N2O3. The van der Waals surface area contributed by atoms with Gasteiger partial charge < -0.3 is 9.84 Å². The average Bonchev–Trinajstić information content (AvgIpc) is 2.46. The van der Waals surface area contributed by atoms with Crippen LogP contribution >= 0.6 is 0 Å². The smallest absolute Gasteiger partial charge is 0.315 e. The summed E-state index contributed by atoms with van der Waals surface area (Å²) in [7, 11) is 1.56. The Morgan fingerprint density at radius 2 is 2.05 bits per heavy atom. The van der Waals surface area contributed by atoms with Crippen LogP contribution in [0.2, 0.25) is 0 Å². The lowest BCUT2D eigenvalue weighted by molar-refractivity contribution is -0.145. The molecule has 1 fully saturated rings. The van der Waals surface area contributed by atoms with E-state index in [2.05, 4.69) is 9.97 Å². The van der Waals surface area contributed by atoms with Crippen molar-refractivity contribution in [3.05, 3.63) is 17.7 Å². The zero-order chi connectivity index (χ0) is 13.9. The first-order valence-corrected chi connectivity index (χ1v) is 6.77. The Balaban J connectivity index is 2.56. The number of carbonyl (C=O) groups is 1. The number of rotatable bonds is 4. The van der Waals surface area contributed by atoms with E-state index in [-0.39, 0.29) is 0 Å². The van der Waals surface area contributed by atoms with Gasteiger partial charge in [0.1, 0.15) is 17.4 Å². The van der Waals surface area contributed by atoms with Gasteiger partial charge in [-0.25, -0.2) is 9.97 Å². The number of carboxylic acid groups (broad SMARTS) is 1. The average molecular weight is 264 g/mol. The minimum Gasteiger partial charge on any atom is -0.493 e. The molecule has 2 rings (SSSR count).